The molecule has 2 rings (SSSR count). The number of carboxylic acids is 1. The molecular formula is C11H12BrNO3. The molecule has 2 atom stereocenters. The lowest BCUT2D eigenvalue weighted by molar-refractivity contribution is -0.146. The molecule has 2 unspecified atom stereocenters. The number of anilines is 1. The summed E-state index contributed by atoms with van der Waals surface area (Å²) in [6.07, 6.45) is -0.821. The molecule has 1 aromatic rings. The van der Waals surface area contributed by atoms with E-state index < -0.39 is 12.1 Å². The Labute approximate surface area is 102 Å². The van der Waals surface area contributed by atoms with Crippen LogP contribution in [0, 0.1) is 0 Å². The first-order valence-electron chi connectivity index (χ1n) is 4.92. The van der Waals surface area contributed by atoms with E-state index in [0.717, 1.165) is 10.2 Å². The summed E-state index contributed by atoms with van der Waals surface area (Å²) in [5.41, 5.74) is 0.902. The van der Waals surface area contributed by atoms with E-state index in [1.54, 1.807) is 6.07 Å². The summed E-state index contributed by atoms with van der Waals surface area (Å²) in [7, 11) is 1.87. The van der Waals surface area contributed by atoms with Gasteiger partial charge in [-0.05, 0) is 25.1 Å². The molecular weight excluding hydrogens is 274 g/mol. The summed E-state index contributed by atoms with van der Waals surface area (Å²) in [5.74, 6) is -0.330. The molecule has 4 nitrogen and oxygen atoms in total. The van der Waals surface area contributed by atoms with Crippen LogP contribution in [-0.4, -0.2) is 30.3 Å². The van der Waals surface area contributed by atoms with Crippen molar-refractivity contribution in [2.24, 2.45) is 0 Å². The van der Waals surface area contributed by atoms with Crippen molar-refractivity contribution < 1.29 is 14.6 Å². The Kier molecular flexibility index (Phi) is 2.80. The smallest absolute Gasteiger partial charge is 0.347 e. The van der Waals surface area contributed by atoms with Crippen molar-refractivity contribution >= 4 is 27.6 Å². The number of rotatable bonds is 1. The second-order valence-corrected chi connectivity index (χ2v) is 4.76. The summed E-state index contributed by atoms with van der Waals surface area (Å²) >= 11 is 3.38. The van der Waals surface area contributed by atoms with E-state index in [1.807, 2.05) is 31.0 Å². The zero-order valence-corrected chi connectivity index (χ0v) is 10.6. The van der Waals surface area contributed by atoms with Gasteiger partial charge in [0.15, 0.2) is 0 Å². The number of likely N-dealkylation sites (N-methyl/N-ethyl adjacent to an activating group) is 1. The standard InChI is InChI=1S/C11H12BrNO3/c1-6-10(11(14)15)16-9-4-3-7(12)5-8(9)13(6)2/h3-6,10H,1-2H3,(H,14,15). The highest BCUT2D eigenvalue weighted by Gasteiger charge is 2.35. The predicted octanol–water partition coefficient (Wildman–Crippen LogP) is 2.12. The first-order chi connectivity index (χ1) is 7.50. The number of carbonyl (C=O) groups is 1. The lowest BCUT2D eigenvalue weighted by atomic mass is 10.1. The number of nitrogens with zero attached hydrogens (tertiary/aromatic N) is 1. The maximum absolute atomic E-state index is 11.0. The maximum atomic E-state index is 11.0. The molecule has 0 spiro atoms. The molecule has 0 aliphatic carbocycles. The van der Waals surface area contributed by atoms with E-state index in [1.165, 1.54) is 0 Å². The Morgan fingerprint density at radius 3 is 2.88 bits per heavy atom. The fourth-order valence-corrected chi connectivity index (χ4v) is 2.13. The van der Waals surface area contributed by atoms with Crippen molar-refractivity contribution in [3.8, 4) is 5.75 Å². The zero-order chi connectivity index (χ0) is 11.9. The third-order valence-electron chi connectivity index (χ3n) is 2.85. The van der Waals surface area contributed by atoms with Gasteiger partial charge in [0.2, 0.25) is 6.10 Å². The Morgan fingerprint density at radius 2 is 2.25 bits per heavy atom. The lowest BCUT2D eigenvalue weighted by Gasteiger charge is -2.37. The number of aliphatic carboxylic acids is 1. The Bertz CT molecular complexity index is 435. The summed E-state index contributed by atoms with van der Waals surface area (Å²) in [6, 6.07) is 5.34. The molecule has 0 saturated carbocycles. The summed E-state index contributed by atoms with van der Waals surface area (Å²) in [4.78, 5) is 12.9. The highest BCUT2D eigenvalue weighted by molar-refractivity contribution is 9.10. The molecule has 0 radical (unpaired) electrons. The van der Waals surface area contributed by atoms with Crippen molar-refractivity contribution in [2.75, 3.05) is 11.9 Å². The van der Waals surface area contributed by atoms with E-state index in [2.05, 4.69) is 15.9 Å². The summed E-state index contributed by atoms with van der Waals surface area (Å²) in [5, 5.41) is 9.05. The van der Waals surface area contributed by atoms with Gasteiger partial charge in [0.1, 0.15) is 5.75 Å². The fraction of sp³-hybridized carbons (Fsp3) is 0.364. The van der Waals surface area contributed by atoms with Crippen molar-refractivity contribution in [3.05, 3.63) is 22.7 Å². The minimum absolute atomic E-state index is 0.195. The third-order valence-corrected chi connectivity index (χ3v) is 3.34. The second kappa shape index (κ2) is 3.97. The van der Waals surface area contributed by atoms with Crippen LogP contribution in [0.3, 0.4) is 0 Å². The van der Waals surface area contributed by atoms with Crippen LogP contribution in [0.1, 0.15) is 6.92 Å². The molecule has 0 amide bonds. The molecule has 86 valence electrons. The van der Waals surface area contributed by atoms with Gasteiger partial charge in [-0.1, -0.05) is 15.9 Å². The number of fused-ring (bicyclic) bond motifs is 1. The third kappa shape index (κ3) is 1.75. The van der Waals surface area contributed by atoms with Crippen molar-refractivity contribution in [1.29, 1.82) is 0 Å². The highest BCUT2D eigenvalue weighted by atomic mass is 79.9. The maximum Gasteiger partial charge on any atom is 0.347 e. The topological polar surface area (TPSA) is 49.8 Å². The molecule has 16 heavy (non-hydrogen) atoms. The van der Waals surface area contributed by atoms with Gasteiger partial charge < -0.3 is 14.7 Å². The molecule has 0 bridgehead atoms. The number of hydrogen-bond acceptors (Lipinski definition) is 3. The van der Waals surface area contributed by atoms with E-state index in [9.17, 15) is 4.79 Å². The number of hydrogen-bond donors (Lipinski definition) is 1. The Balaban J connectivity index is 2.44. The quantitative estimate of drug-likeness (QED) is 0.859. The summed E-state index contributed by atoms with van der Waals surface area (Å²) < 4.78 is 6.42. The molecule has 1 aromatic carbocycles. The molecule has 1 heterocycles. The average Bonchev–Trinajstić information content (AvgIpc) is 2.23. The number of halogens is 1. The Morgan fingerprint density at radius 1 is 1.56 bits per heavy atom. The fourth-order valence-electron chi connectivity index (χ4n) is 1.78. The number of benzene rings is 1. The van der Waals surface area contributed by atoms with Gasteiger partial charge in [-0.25, -0.2) is 4.79 Å². The predicted molar refractivity (Wildman–Crippen MR) is 64.1 cm³/mol. The van der Waals surface area contributed by atoms with Gasteiger partial charge in [-0.3, -0.25) is 0 Å². The van der Waals surface area contributed by atoms with Gasteiger partial charge >= 0.3 is 5.97 Å². The highest BCUT2D eigenvalue weighted by Crippen LogP contribution is 2.37. The number of ether oxygens (including phenoxy) is 1. The largest absolute Gasteiger partial charge is 0.478 e. The van der Waals surface area contributed by atoms with Gasteiger partial charge in [-0.15, -0.1) is 0 Å². The van der Waals surface area contributed by atoms with E-state index in [4.69, 9.17) is 9.84 Å². The van der Waals surface area contributed by atoms with Crippen molar-refractivity contribution in [3.63, 3.8) is 0 Å². The van der Waals surface area contributed by atoms with Crippen LogP contribution in [0.4, 0.5) is 5.69 Å². The van der Waals surface area contributed by atoms with Gasteiger partial charge in [0.25, 0.3) is 0 Å². The van der Waals surface area contributed by atoms with Crippen molar-refractivity contribution in [1.82, 2.24) is 0 Å². The van der Waals surface area contributed by atoms with E-state index >= 15 is 0 Å². The van der Waals surface area contributed by atoms with Crippen LogP contribution in [-0.2, 0) is 4.79 Å². The molecule has 5 heteroatoms. The van der Waals surface area contributed by atoms with Crippen molar-refractivity contribution in [2.45, 2.75) is 19.1 Å². The van der Waals surface area contributed by atoms with Crippen LogP contribution in [0.15, 0.2) is 22.7 Å². The molecule has 1 aliphatic rings. The molecule has 1 aliphatic heterocycles. The van der Waals surface area contributed by atoms with Crippen LogP contribution >= 0.6 is 15.9 Å². The van der Waals surface area contributed by atoms with Crippen LogP contribution in [0.2, 0.25) is 0 Å². The minimum atomic E-state index is -0.937. The molecule has 0 saturated heterocycles. The second-order valence-electron chi connectivity index (χ2n) is 3.84. The van der Waals surface area contributed by atoms with Gasteiger partial charge in [0, 0.05) is 11.5 Å². The molecule has 0 aromatic heterocycles. The van der Waals surface area contributed by atoms with Crippen LogP contribution < -0.4 is 9.64 Å². The van der Waals surface area contributed by atoms with Crippen LogP contribution in [0.25, 0.3) is 0 Å². The van der Waals surface area contributed by atoms with Gasteiger partial charge in [-0.2, -0.15) is 0 Å². The average molecular weight is 286 g/mol. The minimum Gasteiger partial charge on any atom is -0.478 e. The first-order valence-corrected chi connectivity index (χ1v) is 5.72. The van der Waals surface area contributed by atoms with Gasteiger partial charge in [0.05, 0.1) is 11.7 Å². The molecule has 1 N–H and O–H groups in total. The normalized spacial score (nSPS) is 23.6. The van der Waals surface area contributed by atoms with E-state index in [0.29, 0.717) is 5.75 Å². The van der Waals surface area contributed by atoms with Crippen LogP contribution in [0.5, 0.6) is 5.75 Å². The molecule has 0 fully saturated rings. The van der Waals surface area contributed by atoms with E-state index in [-0.39, 0.29) is 6.04 Å². The summed E-state index contributed by atoms with van der Waals surface area (Å²) in [6.45, 7) is 1.84. The SMILES string of the molecule is CC1C(C(=O)O)Oc2ccc(Br)cc2N1C. The number of carboxylic acid groups (broad SMARTS) is 1. The Hall–Kier alpha value is -1.23. The monoisotopic (exact) mass is 285 g/mol. The zero-order valence-electron chi connectivity index (χ0n) is 8.98. The lowest BCUT2D eigenvalue weighted by Crippen LogP contribution is -2.50. The first kappa shape index (κ1) is 11.3.